The molecule has 3 N–H and O–H groups in total. The van der Waals surface area contributed by atoms with Gasteiger partial charge in [0.2, 0.25) is 0 Å². The predicted molar refractivity (Wildman–Crippen MR) is 150 cm³/mol. The molecule has 3 aromatic rings. The molecule has 1 aliphatic heterocycles. The van der Waals surface area contributed by atoms with Crippen molar-refractivity contribution in [3.05, 3.63) is 65.7 Å². The molecule has 0 radical (unpaired) electrons. The van der Waals surface area contributed by atoms with Crippen molar-refractivity contribution < 1.29 is 23.1 Å². The van der Waals surface area contributed by atoms with Crippen LogP contribution in [0, 0.1) is 0 Å². The molecule has 11 heteroatoms. The second-order valence-electron chi connectivity index (χ2n) is 8.65. The number of aliphatic carboxylic acids is 1. The highest BCUT2D eigenvalue weighted by Gasteiger charge is 2.35. The number of halogens is 3. The topological polar surface area (TPSA) is 90.4 Å². The van der Waals surface area contributed by atoms with Crippen molar-refractivity contribution in [2.75, 3.05) is 35.8 Å². The summed E-state index contributed by atoms with van der Waals surface area (Å²) < 4.78 is 44.7. The van der Waals surface area contributed by atoms with E-state index in [2.05, 4.69) is 19.9 Å². The molecule has 1 aromatic carbocycles. The first-order valence-corrected chi connectivity index (χ1v) is 13.9. The first-order chi connectivity index (χ1) is 18.8. The Hall–Kier alpha value is -3.31. The molecule has 210 valence electrons. The van der Waals surface area contributed by atoms with E-state index in [1.807, 2.05) is 44.2 Å². The fourth-order valence-corrected chi connectivity index (χ4v) is 4.81. The zero-order chi connectivity index (χ0) is 28.3. The Labute approximate surface area is 231 Å². The van der Waals surface area contributed by atoms with Gasteiger partial charge >= 0.3 is 12.1 Å². The average Bonchev–Trinajstić information content (AvgIpc) is 2.93. The number of benzene rings is 1. The summed E-state index contributed by atoms with van der Waals surface area (Å²) in [4.78, 5) is 22.0. The van der Waals surface area contributed by atoms with Crippen LogP contribution >= 0.6 is 11.9 Å². The van der Waals surface area contributed by atoms with Crippen LogP contribution in [0.5, 0.6) is 0 Å². The van der Waals surface area contributed by atoms with Crippen molar-refractivity contribution in [3.8, 4) is 11.3 Å². The first-order valence-electron chi connectivity index (χ1n) is 13.0. The molecule has 0 unspecified atom stereocenters. The van der Waals surface area contributed by atoms with Crippen molar-refractivity contribution in [1.29, 1.82) is 0 Å². The van der Waals surface area contributed by atoms with E-state index >= 15 is 0 Å². The summed E-state index contributed by atoms with van der Waals surface area (Å²) in [7, 11) is 0. The molecule has 0 saturated heterocycles. The third kappa shape index (κ3) is 8.86. The van der Waals surface area contributed by atoms with Crippen LogP contribution in [0.1, 0.15) is 44.2 Å². The number of carbonyl (C=O) groups is 1. The van der Waals surface area contributed by atoms with Crippen LogP contribution in [-0.2, 0) is 17.4 Å². The van der Waals surface area contributed by atoms with E-state index in [9.17, 15) is 18.0 Å². The van der Waals surface area contributed by atoms with Gasteiger partial charge < -0.3 is 20.0 Å². The van der Waals surface area contributed by atoms with Crippen LogP contribution in [0.4, 0.5) is 24.8 Å². The zero-order valence-electron chi connectivity index (χ0n) is 22.1. The van der Waals surface area contributed by atoms with Crippen LogP contribution in [-0.4, -0.2) is 47.2 Å². The lowest BCUT2D eigenvalue weighted by Crippen LogP contribution is -2.35. The molecule has 0 saturated carbocycles. The summed E-state index contributed by atoms with van der Waals surface area (Å²) in [6.45, 7) is 5.70. The van der Waals surface area contributed by atoms with Gasteiger partial charge in [0, 0.05) is 37.1 Å². The molecule has 0 atom stereocenters. The minimum atomic E-state index is -4.53. The van der Waals surface area contributed by atoms with E-state index in [1.165, 1.54) is 18.0 Å². The van der Waals surface area contributed by atoms with Gasteiger partial charge in [0.25, 0.3) is 0 Å². The van der Waals surface area contributed by atoms with Gasteiger partial charge in [-0.15, -0.1) is 0 Å². The predicted octanol–water partition coefficient (Wildman–Crippen LogP) is 6.51. The van der Waals surface area contributed by atoms with E-state index in [0.717, 1.165) is 43.3 Å². The number of hydrogen-bond donors (Lipinski definition) is 3. The SMILES string of the molecule is CC.O=C(O)CNCCN1CCCCCc2ccccc2-c2nc(ccc2C(F)(F)F)NSc2cccc1n2. The number of fused-ring (bicyclic) bond motifs is 6. The van der Waals surface area contributed by atoms with Crippen molar-refractivity contribution >= 4 is 29.6 Å². The van der Waals surface area contributed by atoms with Gasteiger partial charge in [-0.05, 0) is 49.1 Å². The fraction of sp³-hybridized carbons (Fsp3) is 0.393. The molecule has 4 bridgehead atoms. The van der Waals surface area contributed by atoms with Gasteiger partial charge in [-0.2, -0.15) is 13.2 Å². The Morgan fingerprint density at radius 1 is 1.05 bits per heavy atom. The third-order valence-corrected chi connectivity index (χ3v) is 6.72. The fourth-order valence-electron chi connectivity index (χ4n) is 4.21. The van der Waals surface area contributed by atoms with E-state index < -0.39 is 17.7 Å². The van der Waals surface area contributed by atoms with Crippen molar-refractivity contribution in [1.82, 2.24) is 15.3 Å². The maximum absolute atomic E-state index is 13.9. The smallest absolute Gasteiger partial charge is 0.418 e. The van der Waals surface area contributed by atoms with Crippen LogP contribution < -0.4 is 14.9 Å². The Kier molecular flexibility index (Phi) is 11.4. The van der Waals surface area contributed by atoms with Crippen molar-refractivity contribution in [3.63, 3.8) is 0 Å². The molecule has 7 nitrogen and oxygen atoms in total. The summed E-state index contributed by atoms with van der Waals surface area (Å²) in [6.07, 6.45) is -1.34. The summed E-state index contributed by atoms with van der Waals surface area (Å²) in [6, 6.07) is 15.1. The number of nitrogens with one attached hydrogen (secondary N) is 2. The van der Waals surface area contributed by atoms with E-state index in [1.54, 1.807) is 12.1 Å². The van der Waals surface area contributed by atoms with Gasteiger partial charge in [0.15, 0.2) is 0 Å². The van der Waals surface area contributed by atoms with E-state index in [-0.39, 0.29) is 12.2 Å². The number of aromatic nitrogens is 2. The lowest BCUT2D eigenvalue weighted by atomic mass is 9.96. The van der Waals surface area contributed by atoms with Crippen molar-refractivity contribution in [2.45, 2.75) is 50.7 Å². The van der Waals surface area contributed by atoms with Gasteiger partial charge in [-0.1, -0.05) is 50.6 Å². The number of hydrogen-bond acceptors (Lipinski definition) is 7. The number of carboxylic acid groups (broad SMARTS) is 1. The number of anilines is 2. The summed E-state index contributed by atoms with van der Waals surface area (Å²) in [5, 5.41) is 12.4. The van der Waals surface area contributed by atoms with E-state index in [4.69, 9.17) is 10.1 Å². The van der Waals surface area contributed by atoms with Crippen LogP contribution in [0.15, 0.2) is 59.6 Å². The lowest BCUT2D eigenvalue weighted by molar-refractivity contribution is -0.137. The van der Waals surface area contributed by atoms with Gasteiger partial charge in [0.1, 0.15) is 16.7 Å². The Morgan fingerprint density at radius 2 is 1.85 bits per heavy atom. The molecule has 2 aromatic heterocycles. The first kappa shape index (κ1) is 30.2. The van der Waals surface area contributed by atoms with E-state index in [0.29, 0.717) is 35.9 Å². The Morgan fingerprint density at radius 3 is 2.62 bits per heavy atom. The standard InChI is InChI=1S/C26H28F3N5O2S.C2H6/c27-26(28,29)20-12-13-21-31-25(20)19-9-4-3-8-18(19)7-2-1-5-15-34(16-14-30-17-24(35)36)22-10-6-11-23(32-22)37-33-21;1-2/h3-4,6,8-13,30H,1-2,5,7,14-17H2,(H,31,33)(H,35,36);1-2H3. The second kappa shape index (κ2) is 14.7. The number of aryl methyl sites for hydroxylation is 1. The second-order valence-corrected chi connectivity index (χ2v) is 9.48. The Bertz CT molecular complexity index is 1230. The largest absolute Gasteiger partial charge is 0.480 e. The number of nitrogens with zero attached hydrogens (tertiary/aromatic N) is 3. The van der Waals surface area contributed by atoms with Gasteiger partial charge in [-0.3, -0.25) is 4.79 Å². The van der Waals surface area contributed by atoms with Gasteiger partial charge in [0.05, 0.1) is 17.8 Å². The van der Waals surface area contributed by atoms with Crippen LogP contribution in [0.3, 0.4) is 0 Å². The maximum atomic E-state index is 13.9. The molecule has 3 heterocycles. The van der Waals surface area contributed by atoms with Crippen molar-refractivity contribution in [2.24, 2.45) is 0 Å². The molecule has 0 amide bonds. The van der Waals surface area contributed by atoms with Crippen LogP contribution in [0.25, 0.3) is 11.3 Å². The molecule has 0 spiro atoms. The average molecular weight is 562 g/mol. The minimum absolute atomic E-state index is 0.0810. The number of carboxylic acids is 1. The van der Waals surface area contributed by atoms with Crippen LogP contribution in [0.2, 0.25) is 0 Å². The molecular formula is C28H34F3N5O2S. The number of pyridine rings is 2. The molecule has 0 aliphatic carbocycles. The lowest BCUT2D eigenvalue weighted by Gasteiger charge is -2.24. The molecule has 4 rings (SSSR count). The highest BCUT2D eigenvalue weighted by molar-refractivity contribution is 8.00. The highest BCUT2D eigenvalue weighted by atomic mass is 32.2. The molecule has 1 aliphatic rings. The monoisotopic (exact) mass is 561 g/mol. The van der Waals surface area contributed by atoms with Gasteiger partial charge in [-0.25, -0.2) is 9.97 Å². The maximum Gasteiger partial charge on any atom is 0.418 e. The molecular weight excluding hydrogens is 527 g/mol. The summed E-state index contributed by atoms with van der Waals surface area (Å²) >= 11 is 1.17. The zero-order valence-corrected chi connectivity index (χ0v) is 22.9. The molecule has 0 fully saturated rings. The Balaban J connectivity index is 0.00000205. The minimum Gasteiger partial charge on any atom is -0.480 e. The quantitative estimate of drug-likeness (QED) is 0.240. The third-order valence-electron chi connectivity index (χ3n) is 5.98. The highest BCUT2D eigenvalue weighted by Crippen LogP contribution is 2.38. The number of rotatable bonds is 5. The normalized spacial score (nSPS) is 13.9. The summed E-state index contributed by atoms with van der Waals surface area (Å²) in [5.41, 5.74) is 0.479. The summed E-state index contributed by atoms with van der Waals surface area (Å²) in [5.74, 6) is 0.148. The number of alkyl halides is 3. The molecule has 39 heavy (non-hydrogen) atoms.